The highest BCUT2D eigenvalue weighted by molar-refractivity contribution is 5.21. The summed E-state index contributed by atoms with van der Waals surface area (Å²) in [5.74, 6) is 3.63. The maximum atomic E-state index is 5.93. The molecule has 0 amide bonds. The summed E-state index contributed by atoms with van der Waals surface area (Å²) in [6.07, 6.45) is 5.70. The predicted octanol–water partition coefficient (Wildman–Crippen LogP) is 3.27. The van der Waals surface area contributed by atoms with Crippen LogP contribution >= 0.6 is 0 Å². The monoisotopic (exact) mass is 244 g/mol. The van der Waals surface area contributed by atoms with Gasteiger partial charge in [0.2, 0.25) is 0 Å². The van der Waals surface area contributed by atoms with E-state index in [0.29, 0.717) is 0 Å². The molecule has 1 heterocycles. The quantitative estimate of drug-likeness (QED) is 0.758. The first-order valence-corrected chi connectivity index (χ1v) is 7.17. The van der Waals surface area contributed by atoms with Crippen LogP contribution in [0.25, 0.3) is 0 Å². The molecule has 2 aliphatic carbocycles. The fourth-order valence-corrected chi connectivity index (χ4v) is 4.11. The van der Waals surface area contributed by atoms with E-state index in [4.69, 9.17) is 9.47 Å². The van der Waals surface area contributed by atoms with Crippen LogP contribution in [0.2, 0.25) is 0 Å². The van der Waals surface area contributed by atoms with Gasteiger partial charge in [-0.25, -0.2) is 0 Å². The molecule has 4 atom stereocenters. The van der Waals surface area contributed by atoms with Crippen molar-refractivity contribution in [2.75, 3.05) is 13.2 Å². The van der Waals surface area contributed by atoms with Crippen molar-refractivity contribution in [3.05, 3.63) is 30.3 Å². The smallest absolute Gasteiger partial charge is 0.128 e. The van der Waals surface area contributed by atoms with Gasteiger partial charge in [0.25, 0.3) is 0 Å². The average Bonchev–Trinajstić information content (AvgIpc) is 2.90. The van der Waals surface area contributed by atoms with Crippen molar-refractivity contribution in [2.45, 2.75) is 31.3 Å². The molecule has 0 aromatic heterocycles. The van der Waals surface area contributed by atoms with Gasteiger partial charge in [0.1, 0.15) is 18.0 Å². The molecule has 1 aromatic rings. The summed E-state index contributed by atoms with van der Waals surface area (Å²) in [7, 11) is 0. The predicted molar refractivity (Wildman–Crippen MR) is 69.6 cm³/mol. The van der Waals surface area contributed by atoms with Crippen molar-refractivity contribution < 1.29 is 9.47 Å². The number of benzene rings is 1. The molecule has 0 radical (unpaired) electrons. The Balaban J connectivity index is 1.42. The molecule has 3 fully saturated rings. The number of rotatable bonds is 4. The van der Waals surface area contributed by atoms with Gasteiger partial charge in [-0.1, -0.05) is 24.6 Å². The van der Waals surface area contributed by atoms with Crippen molar-refractivity contribution in [1.82, 2.24) is 0 Å². The first-order valence-electron chi connectivity index (χ1n) is 7.17. The topological polar surface area (TPSA) is 21.8 Å². The van der Waals surface area contributed by atoms with Gasteiger partial charge in [-0.2, -0.15) is 0 Å². The second-order valence-electron chi connectivity index (χ2n) is 6.24. The first-order chi connectivity index (χ1) is 8.86. The molecule has 2 saturated carbocycles. The van der Waals surface area contributed by atoms with Crippen molar-refractivity contribution in [3.8, 4) is 5.75 Å². The third-order valence-corrected chi connectivity index (χ3v) is 5.16. The Morgan fingerprint density at radius 3 is 2.61 bits per heavy atom. The lowest BCUT2D eigenvalue weighted by atomic mass is 9.79. The number of hydrogen-bond donors (Lipinski definition) is 0. The molecule has 1 saturated heterocycles. The second-order valence-corrected chi connectivity index (χ2v) is 6.24. The van der Waals surface area contributed by atoms with Gasteiger partial charge in [0.05, 0.1) is 6.61 Å². The summed E-state index contributed by atoms with van der Waals surface area (Å²) in [4.78, 5) is 0. The lowest BCUT2D eigenvalue weighted by Crippen LogP contribution is -2.34. The number of epoxide rings is 1. The molecule has 96 valence electrons. The van der Waals surface area contributed by atoms with E-state index in [-0.39, 0.29) is 5.60 Å². The Morgan fingerprint density at radius 2 is 2.00 bits per heavy atom. The zero-order valence-electron chi connectivity index (χ0n) is 10.7. The molecular weight excluding hydrogens is 224 g/mol. The van der Waals surface area contributed by atoms with Crippen LogP contribution in [0.1, 0.15) is 25.7 Å². The van der Waals surface area contributed by atoms with Gasteiger partial charge in [0.15, 0.2) is 0 Å². The van der Waals surface area contributed by atoms with E-state index >= 15 is 0 Å². The van der Waals surface area contributed by atoms with Crippen LogP contribution in [0.4, 0.5) is 0 Å². The average molecular weight is 244 g/mol. The first kappa shape index (κ1) is 10.9. The van der Waals surface area contributed by atoms with Crippen molar-refractivity contribution in [2.24, 2.45) is 17.8 Å². The minimum atomic E-state index is 0.0652. The molecule has 2 heteroatoms. The molecule has 1 aromatic carbocycles. The van der Waals surface area contributed by atoms with Crippen LogP contribution in [-0.4, -0.2) is 18.8 Å². The largest absolute Gasteiger partial charge is 0.490 e. The van der Waals surface area contributed by atoms with E-state index in [1.165, 1.54) is 25.7 Å². The Labute approximate surface area is 108 Å². The number of hydrogen-bond acceptors (Lipinski definition) is 2. The molecule has 0 N–H and O–H groups in total. The van der Waals surface area contributed by atoms with Crippen LogP contribution in [0.5, 0.6) is 5.75 Å². The molecule has 2 nitrogen and oxygen atoms in total. The zero-order valence-corrected chi connectivity index (χ0v) is 10.7. The minimum absolute atomic E-state index is 0.0652. The van der Waals surface area contributed by atoms with Gasteiger partial charge in [-0.05, 0) is 49.1 Å². The van der Waals surface area contributed by atoms with Gasteiger partial charge in [0, 0.05) is 0 Å². The van der Waals surface area contributed by atoms with E-state index in [1.54, 1.807) is 0 Å². The summed E-state index contributed by atoms with van der Waals surface area (Å²) in [5.41, 5.74) is 0.0652. The molecule has 3 aliphatic rings. The van der Waals surface area contributed by atoms with Crippen molar-refractivity contribution in [1.29, 1.82) is 0 Å². The van der Waals surface area contributed by atoms with Crippen molar-refractivity contribution >= 4 is 0 Å². The minimum Gasteiger partial charge on any atom is -0.490 e. The summed E-state index contributed by atoms with van der Waals surface area (Å²) in [5, 5.41) is 0. The number of fused-ring (bicyclic) bond motifs is 2. The van der Waals surface area contributed by atoms with Crippen LogP contribution in [0.15, 0.2) is 30.3 Å². The van der Waals surface area contributed by atoms with Crippen LogP contribution in [-0.2, 0) is 4.74 Å². The third kappa shape index (κ3) is 1.74. The van der Waals surface area contributed by atoms with E-state index < -0.39 is 0 Å². The van der Waals surface area contributed by atoms with E-state index in [0.717, 1.165) is 36.7 Å². The zero-order chi connectivity index (χ0) is 12.0. The fraction of sp³-hybridized carbons (Fsp3) is 0.625. The second kappa shape index (κ2) is 3.99. The maximum absolute atomic E-state index is 5.93. The lowest BCUT2D eigenvalue weighted by molar-refractivity contribution is 0.102. The Bertz CT molecular complexity index is 424. The van der Waals surface area contributed by atoms with Crippen molar-refractivity contribution in [3.63, 3.8) is 0 Å². The molecule has 2 bridgehead atoms. The Kier molecular flexibility index (Phi) is 2.41. The van der Waals surface area contributed by atoms with Gasteiger partial charge < -0.3 is 9.47 Å². The standard InChI is InChI=1S/C16H20O2/c1-2-4-14(5-3-1)17-10-16(11-18-16)15-9-12-6-7-13(15)8-12/h1-5,12-13,15H,6-11H2. The fourth-order valence-electron chi connectivity index (χ4n) is 4.11. The summed E-state index contributed by atoms with van der Waals surface area (Å²) < 4.78 is 11.8. The molecule has 0 spiro atoms. The highest BCUT2D eigenvalue weighted by atomic mass is 16.6. The highest BCUT2D eigenvalue weighted by Gasteiger charge is 2.59. The van der Waals surface area contributed by atoms with Crippen LogP contribution < -0.4 is 4.74 Å². The summed E-state index contributed by atoms with van der Waals surface area (Å²) in [6, 6.07) is 10.1. The summed E-state index contributed by atoms with van der Waals surface area (Å²) in [6.45, 7) is 1.65. The van der Waals surface area contributed by atoms with Gasteiger partial charge in [-0.3, -0.25) is 0 Å². The molecule has 1 aliphatic heterocycles. The number of para-hydroxylation sites is 1. The molecular formula is C16H20O2. The van der Waals surface area contributed by atoms with E-state index in [9.17, 15) is 0 Å². The maximum Gasteiger partial charge on any atom is 0.128 e. The van der Waals surface area contributed by atoms with Crippen LogP contribution in [0, 0.1) is 17.8 Å². The molecule has 4 rings (SSSR count). The number of ether oxygens (including phenoxy) is 2. The Hall–Kier alpha value is -1.02. The van der Waals surface area contributed by atoms with Gasteiger partial charge in [-0.15, -0.1) is 0 Å². The summed E-state index contributed by atoms with van der Waals surface area (Å²) >= 11 is 0. The normalized spacial score (nSPS) is 41.0. The van der Waals surface area contributed by atoms with Crippen LogP contribution in [0.3, 0.4) is 0 Å². The lowest BCUT2D eigenvalue weighted by Gasteiger charge is -2.27. The Morgan fingerprint density at radius 1 is 1.17 bits per heavy atom. The molecule has 4 unspecified atom stereocenters. The van der Waals surface area contributed by atoms with E-state index in [2.05, 4.69) is 0 Å². The third-order valence-electron chi connectivity index (χ3n) is 5.16. The SMILES string of the molecule is c1ccc(OCC2(C3CC4CCC3C4)CO2)cc1. The van der Waals surface area contributed by atoms with E-state index in [1.807, 2.05) is 30.3 Å². The highest BCUT2D eigenvalue weighted by Crippen LogP contribution is 2.56. The molecule has 18 heavy (non-hydrogen) atoms. The van der Waals surface area contributed by atoms with Gasteiger partial charge >= 0.3 is 0 Å².